The fourth-order valence-electron chi connectivity index (χ4n) is 3.65. The fourth-order valence-corrected chi connectivity index (χ4v) is 3.65. The van der Waals surface area contributed by atoms with Gasteiger partial charge >= 0.3 is 0 Å². The van der Waals surface area contributed by atoms with E-state index >= 15 is 0 Å². The van der Waals surface area contributed by atoms with E-state index in [-0.39, 0.29) is 11.9 Å². The lowest BCUT2D eigenvalue weighted by molar-refractivity contribution is 0.0928. The van der Waals surface area contributed by atoms with Crippen molar-refractivity contribution in [1.82, 2.24) is 10.6 Å². The number of carbonyl (C=O) groups excluding carboxylic acids is 1. The molecule has 1 aliphatic carbocycles. The predicted molar refractivity (Wildman–Crippen MR) is 93.1 cm³/mol. The van der Waals surface area contributed by atoms with E-state index in [1.807, 2.05) is 18.2 Å². The van der Waals surface area contributed by atoms with Crippen molar-refractivity contribution in [2.24, 2.45) is 5.92 Å². The van der Waals surface area contributed by atoms with Crippen molar-refractivity contribution in [2.45, 2.75) is 24.9 Å². The van der Waals surface area contributed by atoms with E-state index in [9.17, 15) is 4.79 Å². The average Bonchev–Trinajstić information content (AvgIpc) is 3.18. The maximum Gasteiger partial charge on any atom is 0.251 e. The summed E-state index contributed by atoms with van der Waals surface area (Å²) in [5, 5.41) is 6.60. The SMILES string of the molecule is Nc1cccc(Oc2ccc(C(=O)NC3CC4CNC3C4)cc2)c1. The van der Waals surface area contributed by atoms with Gasteiger partial charge in [-0.15, -0.1) is 0 Å². The van der Waals surface area contributed by atoms with Crippen molar-refractivity contribution < 1.29 is 9.53 Å². The molecule has 1 heterocycles. The molecule has 1 saturated heterocycles. The molecule has 5 heteroatoms. The van der Waals surface area contributed by atoms with Gasteiger partial charge in [-0.05, 0) is 61.7 Å². The molecule has 0 spiro atoms. The van der Waals surface area contributed by atoms with Gasteiger partial charge in [0, 0.05) is 29.4 Å². The van der Waals surface area contributed by atoms with Crippen LogP contribution < -0.4 is 21.1 Å². The average molecular weight is 323 g/mol. The first-order valence-corrected chi connectivity index (χ1v) is 8.35. The van der Waals surface area contributed by atoms with Crippen LogP contribution in [-0.4, -0.2) is 24.5 Å². The van der Waals surface area contributed by atoms with E-state index in [1.165, 1.54) is 6.42 Å². The van der Waals surface area contributed by atoms with Gasteiger partial charge in [0.25, 0.3) is 5.91 Å². The third-order valence-corrected chi connectivity index (χ3v) is 4.86. The molecule has 124 valence electrons. The summed E-state index contributed by atoms with van der Waals surface area (Å²) in [7, 11) is 0. The Kier molecular flexibility index (Phi) is 3.86. The van der Waals surface area contributed by atoms with Crippen LogP contribution in [0.25, 0.3) is 0 Å². The second-order valence-corrected chi connectivity index (χ2v) is 6.63. The number of nitrogens with one attached hydrogen (secondary N) is 2. The van der Waals surface area contributed by atoms with E-state index < -0.39 is 0 Å². The molecule has 1 aliphatic heterocycles. The molecule has 0 aromatic heterocycles. The zero-order valence-corrected chi connectivity index (χ0v) is 13.4. The van der Waals surface area contributed by atoms with Crippen molar-refractivity contribution >= 4 is 11.6 Å². The van der Waals surface area contributed by atoms with Gasteiger partial charge < -0.3 is 21.1 Å². The normalized spacial score (nSPS) is 24.8. The van der Waals surface area contributed by atoms with Gasteiger partial charge in [0.2, 0.25) is 0 Å². The predicted octanol–water partition coefficient (Wildman–Crippen LogP) is 2.54. The van der Waals surface area contributed by atoms with Crippen LogP contribution in [0.3, 0.4) is 0 Å². The molecule has 2 aliphatic rings. The number of ether oxygens (including phenoxy) is 1. The minimum atomic E-state index is -0.0233. The number of nitrogen functional groups attached to an aromatic ring is 1. The van der Waals surface area contributed by atoms with E-state index in [2.05, 4.69) is 10.6 Å². The molecule has 3 atom stereocenters. The standard InChI is InChI=1S/C19H21N3O2/c20-14-2-1-3-16(10-14)24-15-6-4-13(5-7-15)19(23)22-18-9-12-8-17(18)21-11-12/h1-7,10,12,17-18,21H,8-9,11,20H2,(H,22,23). The highest BCUT2D eigenvalue weighted by Crippen LogP contribution is 2.31. The lowest BCUT2D eigenvalue weighted by atomic mass is 10.1. The summed E-state index contributed by atoms with van der Waals surface area (Å²) in [6.45, 7) is 1.09. The number of carbonyl (C=O) groups is 1. The van der Waals surface area contributed by atoms with Crippen LogP contribution in [0.4, 0.5) is 5.69 Å². The molecule has 2 fully saturated rings. The number of amides is 1. The van der Waals surface area contributed by atoms with E-state index in [0.29, 0.717) is 28.8 Å². The molecule has 4 N–H and O–H groups in total. The molecule has 5 nitrogen and oxygen atoms in total. The Bertz CT molecular complexity index is 745. The number of hydrogen-bond acceptors (Lipinski definition) is 4. The third kappa shape index (κ3) is 3.08. The van der Waals surface area contributed by atoms with Crippen LogP contribution in [0.15, 0.2) is 48.5 Å². The van der Waals surface area contributed by atoms with Gasteiger partial charge in [-0.1, -0.05) is 6.07 Å². The summed E-state index contributed by atoms with van der Waals surface area (Å²) in [5.41, 5.74) is 7.05. The van der Waals surface area contributed by atoms with Gasteiger partial charge in [0.15, 0.2) is 0 Å². The highest BCUT2D eigenvalue weighted by molar-refractivity contribution is 5.94. The monoisotopic (exact) mass is 323 g/mol. The molecule has 24 heavy (non-hydrogen) atoms. The number of fused-ring (bicyclic) bond motifs is 2. The summed E-state index contributed by atoms with van der Waals surface area (Å²) >= 11 is 0. The molecule has 0 radical (unpaired) electrons. The first kappa shape index (κ1) is 15.0. The van der Waals surface area contributed by atoms with Crippen LogP contribution in [0.1, 0.15) is 23.2 Å². The molecular weight excluding hydrogens is 302 g/mol. The molecule has 3 unspecified atom stereocenters. The number of benzene rings is 2. The van der Waals surface area contributed by atoms with Gasteiger partial charge in [-0.25, -0.2) is 0 Å². The minimum Gasteiger partial charge on any atom is -0.457 e. The zero-order chi connectivity index (χ0) is 16.5. The summed E-state index contributed by atoms with van der Waals surface area (Å²) in [5.74, 6) is 2.05. The number of nitrogens with two attached hydrogens (primary N) is 1. The van der Waals surface area contributed by atoms with Crippen LogP contribution in [-0.2, 0) is 0 Å². The number of anilines is 1. The molecular formula is C19H21N3O2. The lowest BCUT2D eigenvalue weighted by Crippen LogP contribution is -2.47. The van der Waals surface area contributed by atoms with Crippen LogP contribution in [0.2, 0.25) is 0 Å². The van der Waals surface area contributed by atoms with Crippen molar-refractivity contribution in [3.05, 3.63) is 54.1 Å². The Balaban J connectivity index is 1.39. The molecule has 4 rings (SSSR count). The Morgan fingerprint density at radius 2 is 1.96 bits per heavy atom. The number of rotatable bonds is 4. The van der Waals surface area contributed by atoms with E-state index in [0.717, 1.165) is 18.9 Å². The minimum absolute atomic E-state index is 0.0233. The van der Waals surface area contributed by atoms with Crippen molar-refractivity contribution in [2.75, 3.05) is 12.3 Å². The van der Waals surface area contributed by atoms with Crippen molar-refractivity contribution in [3.8, 4) is 11.5 Å². The number of piperidine rings is 1. The molecule has 1 saturated carbocycles. The summed E-state index contributed by atoms with van der Waals surface area (Å²) in [4.78, 5) is 12.4. The third-order valence-electron chi connectivity index (χ3n) is 4.86. The summed E-state index contributed by atoms with van der Waals surface area (Å²) < 4.78 is 5.75. The lowest BCUT2D eigenvalue weighted by Gasteiger charge is -2.24. The van der Waals surface area contributed by atoms with Gasteiger partial charge in [0.05, 0.1) is 0 Å². The maximum atomic E-state index is 12.4. The van der Waals surface area contributed by atoms with E-state index in [4.69, 9.17) is 10.5 Å². The molecule has 2 bridgehead atoms. The van der Waals surface area contributed by atoms with Gasteiger partial charge in [-0.2, -0.15) is 0 Å². The molecule has 2 aromatic carbocycles. The van der Waals surface area contributed by atoms with Crippen LogP contribution in [0.5, 0.6) is 11.5 Å². The highest BCUT2D eigenvalue weighted by Gasteiger charge is 2.39. The van der Waals surface area contributed by atoms with Crippen LogP contribution >= 0.6 is 0 Å². The zero-order valence-electron chi connectivity index (χ0n) is 13.4. The first-order valence-electron chi connectivity index (χ1n) is 8.35. The Labute approximate surface area is 141 Å². The largest absolute Gasteiger partial charge is 0.457 e. The van der Waals surface area contributed by atoms with Crippen molar-refractivity contribution in [1.29, 1.82) is 0 Å². The summed E-state index contributed by atoms with van der Waals surface area (Å²) in [6.07, 6.45) is 2.26. The van der Waals surface area contributed by atoms with Gasteiger partial charge in [0.1, 0.15) is 11.5 Å². The highest BCUT2D eigenvalue weighted by atomic mass is 16.5. The molecule has 1 amide bonds. The fraction of sp³-hybridized carbons (Fsp3) is 0.316. The topological polar surface area (TPSA) is 76.4 Å². The van der Waals surface area contributed by atoms with Crippen molar-refractivity contribution in [3.63, 3.8) is 0 Å². The number of hydrogen-bond donors (Lipinski definition) is 3. The van der Waals surface area contributed by atoms with E-state index in [1.54, 1.807) is 30.3 Å². The Morgan fingerprint density at radius 1 is 1.12 bits per heavy atom. The Hall–Kier alpha value is -2.53. The first-order chi connectivity index (χ1) is 11.7. The summed E-state index contributed by atoms with van der Waals surface area (Å²) in [6, 6.07) is 15.1. The maximum absolute atomic E-state index is 12.4. The second-order valence-electron chi connectivity index (χ2n) is 6.63. The molecule has 2 aromatic rings. The smallest absolute Gasteiger partial charge is 0.251 e. The van der Waals surface area contributed by atoms with Gasteiger partial charge in [-0.3, -0.25) is 4.79 Å². The second kappa shape index (κ2) is 6.17. The quantitative estimate of drug-likeness (QED) is 0.756. The Morgan fingerprint density at radius 3 is 2.62 bits per heavy atom. The van der Waals surface area contributed by atoms with Crippen LogP contribution in [0, 0.1) is 5.92 Å².